The van der Waals surface area contributed by atoms with Crippen molar-refractivity contribution in [2.24, 2.45) is 0 Å². The van der Waals surface area contributed by atoms with Gasteiger partial charge in [-0.05, 0) is 17.1 Å². The van der Waals surface area contributed by atoms with Crippen molar-refractivity contribution in [2.45, 2.75) is 0 Å². The van der Waals surface area contributed by atoms with Crippen molar-refractivity contribution in [1.29, 1.82) is 0 Å². The van der Waals surface area contributed by atoms with Crippen LogP contribution in [0.25, 0.3) is 22.4 Å². The summed E-state index contributed by atoms with van der Waals surface area (Å²) in [5.74, 6) is 0. The van der Waals surface area contributed by atoms with Crippen LogP contribution in [-0.4, -0.2) is 22.2 Å². The zero-order valence-corrected chi connectivity index (χ0v) is 11.3. The van der Waals surface area contributed by atoms with Crippen LogP contribution in [0.5, 0.6) is 0 Å². The molecule has 3 rings (SSSR count). The highest BCUT2D eigenvalue weighted by Crippen LogP contribution is 2.28. The quantitative estimate of drug-likeness (QED) is 0.720. The Labute approximate surface area is 123 Å². The van der Waals surface area contributed by atoms with E-state index in [2.05, 4.69) is 4.98 Å². The van der Waals surface area contributed by atoms with Crippen molar-refractivity contribution < 1.29 is 10.0 Å². The first-order valence-electron chi connectivity index (χ1n) is 6.73. The number of aromatic nitrogens is 1. The van der Waals surface area contributed by atoms with E-state index in [4.69, 9.17) is 0 Å². The second kappa shape index (κ2) is 5.91. The van der Waals surface area contributed by atoms with Gasteiger partial charge in [0.1, 0.15) is 0 Å². The van der Waals surface area contributed by atoms with E-state index >= 15 is 0 Å². The third-order valence-corrected chi connectivity index (χ3v) is 3.37. The van der Waals surface area contributed by atoms with Gasteiger partial charge in [-0.3, -0.25) is 4.98 Å². The molecule has 0 saturated carbocycles. The van der Waals surface area contributed by atoms with Gasteiger partial charge in [-0.2, -0.15) is 0 Å². The predicted octanol–water partition coefficient (Wildman–Crippen LogP) is 2.10. The van der Waals surface area contributed by atoms with E-state index in [9.17, 15) is 10.0 Å². The van der Waals surface area contributed by atoms with Crippen molar-refractivity contribution in [3.05, 3.63) is 72.9 Å². The average Bonchev–Trinajstić information content (AvgIpc) is 2.55. The molecule has 2 aromatic carbocycles. The van der Waals surface area contributed by atoms with Gasteiger partial charge in [0.25, 0.3) is 0 Å². The highest BCUT2D eigenvalue weighted by atomic mass is 16.4. The predicted molar refractivity (Wildman–Crippen MR) is 84.9 cm³/mol. The molecule has 102 valence electrons. The molecule has 4 heteroatoms. The fourth-order valence-electron chi connectivity index (χ4n) is 2.41. The molecule has 0 fully saturated rings. The highest BCUT2D eigenvalue weighted by molar-refractivity contribution is 6.60. The second-order valence-corrected chi connectivity index (χ2v) is 4.73. The molecule has 3 nitrogen and oxygen atoms in total. The van der Waals surface area contributed by atoms with E-state index in [1.165, 1.54) is 0 Å². The maximum Gasteiger partial charge on any atom is 0.489 e. The van der Waals surface area contributed by atoms with E-state index in [0.29, 0.717) is 5.46 Å². The minimum atomic E-state index is -1.54. The van der Waals surface area contributed by atoms with Crippen molar-refractivity contribution in [3.8, 4) is 22.4 Å². The summed E-state index contributed by atoms with van der Waals surface area (Å²) in [7, 11) is -1.54. The minimum absolute atomic E-state index is 0.454. The van der Waals surface area contributed by atoms with E-state index in [-0.39, 0.29) is 0 Å². The van der Waals surface area contributed by atoms with Crippen LogP contribution < -0.4 is 5.46 Å². The molecule has 0 radical (unpaired) electrons. The number of nitrogens with zero attached hydrogens (tertiary/aromatic N) is 1. The molecule has 0 aliphatic rings. The number of pyridine rings is 1. The molecule has 0 aliphatic heterocycles. The van der Waals surface area contributed by atoms with Crippen LogP contribution in [0.4, 0.5) is 0 Å². The van der Waals surface area contributed by atoms with E-state index in [1.807, 2.05) is 60.7 Å². The topological polar surface area (TPSA) is 53.4 Å². The van der Waals surface area contributed by atoms with Gasteiger partial charge in [0.05, 0.1) is 5.69 Å². The summed E-state index contributed by atoms with van der Waals surface area (Å²) in [5, 5.41) is 19.3. The molecule has 0 saturated heterocycles. The SMILES string of the molecule is OB(O)c1ccnc(-c2ccccc2)c1-c1ccccc1. The third-order valence-electron chi connectivity index (χ3n) is 3.37. The molecule has 1 heterocycles. The summed E-state index contributed by atoms with van der Waals surface area (Å²) in [5.41, 5.74) is 3.80. The fraction of sp³-hybridized carbons (Fsp3) is 0. The van der Waals surface area contributed by atoms with Gasteiger partial charge in [0, 0.05) is 17.3 Å². The third kappa shape index (κ3) is 2.72. The Morgan fingerprint density at radius 3 is 1.86 bits per heavy atom. The van der Waals surface area contributed by atoms with Crippen LogP contribution in [0.15, 0.2) is 72.9 Å². The first kappa shape index (κ1) is 13.6. The minimum Gasteiger partial charge on any atom is -0.423 e. The van der Waals surface area contributed by atoms with Gasteiger partial charge in [0.15, 0.2) is 0 Å². The lowest BCUT2D eigenvalue weighted by Crippen LogP contribution is -2.32. The highest BCUT2D eigenvalue weighted by Gasteiger charge is 2.21. The van der Waals surface area contributed by atoms with Crippen LogP contribution in [0.1, 0.15) is 0 Å². The molecular weight excluding hydrogens is 261 g/mol. The molecule has 0 unspecified atom stereocenters. The molecule has 2 N–H and O–H groups in total. The molecule has 0 amide bonds. The van der Waals surface area contributed by atoms with Crippen molar-refractivity contribution in [1.82, 2.24) is 4.98 Å². The Morgan fingerprint density at radius 1 is 0.714 bits per heavy atom. The van der Waals surface area contributed by atoms with Gasteiger partial charge in [-0.25, -0.2) is 0 Å². The molecule has 0 bridgehead atoms. The number of hydrogen-bond donors (Lipinski definition) is 2. The van der Waals surface area contributed by atoms with Gasteiger partial charge in [-0.1, -0.05) is 60.7 Å². The lowest BCUT2D eigenvalue weighted by Gasteiger charge is -2.14. The standard InChI is InChI=1S/C17H14BNO2/c20-18(21)15-11-12-19-17(14-9-5-2-6-10-14)16(15)13-7-3-1-4-8-13/h1-12,20-21H. The monoisotopic (exact) mass is 275 g/mol. The first-order valence-corrected chi connectivity index (χ1v) is 6.73. The molecule has 0 spiro atoms. The number of hydrogen-bond acceptors (Lipinski definition) is 3. The van der Waals surface area contributed by atoms with Gasteiger partial charge < -0.3 is 10.0 Å². The van der Waals surface area contributed by atoms with Crippen molar-refractivity contribution in [2.75, 3.05) is 0 Å². The fourth-order valence-corrected chi connectivity index (χ4v) is 2.41. The van der Waals surface area contributed by atoms with Gasteiger partial charge in [-0.15, -0.1) is 0 Å². The van der Waals surface area contributed by atoms with Crippen LogP contribution in [-0.2, 0) is 0 Å². The zero-order chi connectivity index (χ0) is 14.7. The molecule has 3 aromatic rings. The Bertz CT molecular complexity index is 730. The summed E-state index contributed by atoms with van der Waals surface area (Å²) >= 11 is 0. The van der Waals surface area contributed by atoms with Crippen LogP contribution in [0.3, 0.4) is 0 Å². The zero-order valence-electron chi connectivity index (χ0n) is 11.3. The van der Waals surface area contributed by atoms with Gasteiger partial charge in [0.2, 0.25) is 0 Å². The number of rotatable bonds is 3. The normalized spacial score (nSPS) is 10.4. The van der Waals surface area contributed by atoms with E-state index in [0.717, 1.165) is 22.4 Å². The van der Waals surface area contributed by atoms with Crippen molar-refractivity contribution in [3.63, 3.8) is 0 Å². The summed E-state index contributed by atoms with van der Waals surface area (Å²) in [4.78, 5) is 4.45. The summed E-state index contributed by atoms with van der Waals surface area (Å²) < 4.78 is 0. The summed E-state index contributed by atoms with van der Waals surface area (Å²) in [6.45, 7) is 0. The smallest absolute Gasteiger partial charge is 0.423 e. The van der Waals surface area contributed by atoms with Gasteiger partial charge >= 0.3 is 7.12 Å². The summed E-state index contributed by atoms with van der Waals surface area (Å²) in [6, 6.07) is 21.0. The second-order valence-electron chi connectivity index (χ2n) is 4.73. The van der Waals surface area contributed by atoms with Crippen LogP contribution in [0.2, 0.25) is 0 Å². The molecule has 0 aliphatic carbocycles. The molecule has 21 heavy (non-hydrogen) atoms. The largest absolute Gasteiger partial charge is 0.489 e. The Kier molecular flexibility index (Phi) is 3.82. The van der Waals surface area contributed by atoms with E-state index in [1.54, 1.807) is 12.3 Å². The summed E-state index contributed by atoms with van der Waals surface area (Å²) in [6.07, 6.45) is 1.60. The Hall–Kier alpha value is -2.43. The molecule has 1 aromatic heterocycles. The van der Waals surface area contributed by atoms with Crippen molar-refractivity contribution >= 4 is 12.6 Å². The Balaban J connectivity index is 2.28. The Morgan fingerprint density at radius 2 is 1.29 bits per heavy atom. The lowest BCUT2D eigenvalue weighted by atomic mass is 9.74. The first-order chi connectivity index (χ1) is 10.3. The lowest BCUT2D eigenvalue weighted by molar-refractivity contribution is 0.426. The van der Waals surface area contributed by atoms with Crippen LogP contribution >= 0.6 is 0 Å². The molecule has 0 atom stereocenters. The molecular formula is C17H14BNO2. The van der Waals surface area contributed by atoms with Crippen LogP contribution in [0, 0.1) is 0 Å². The maximum atomic E-state index is 9.66. The van der Waals surface area contributed by atoms with E-state index < -0.39 is 7.12 Å². The average molecular weight is 275 g/mol. The maximum absolute atomic E-state index is 9.66. The number of benzene rings is 2.